The Hall–Kier alpha value is -2.53. The molecule has 1 heterocycles. The van der Waals surface area contributed by atoms with Crippen molar-refractivity contribution in [1.29, 1.82) is 0 Å². The first-order chi connectivity index (χ1) is 11.7. The Morgan fingerprint density at radius 3 is 2.88 bits per heavy atom. The van der Waals surface area contributed by atoms with E-state index in [2.05, 4.69) is 11.6 Å². The summed E-state index contributed by atoms with van der Waals surface area (Å²) in [6.45, 7) is 6.16. The maximum absolute atomic E-state index is 12.0. The predicted molar refractivity (Wildman–Crippen MR) is 91.7 cm³/mol. The van der Waals surface area contributed by atoms with Gasteiger partial charge < -0.3 is 14.2 Å². The summed E-state index contributed by atoms with van der Waals surface area (Å²) < 4.78 is 16.3. The average Bonchev–Trinajstić information content (AvgIpc) is 2.60. The molecule has 0 aliphatic heterocycles. The Morgan fingerprint density at radius 2 is 2.21 bits per heavy atom. The van der Waals surface area contributed by atoms with Gasteiger partial charge in [-0.3, -0.25) is 4.98 Å². The van der Waals surface area contributed by atoms with Crippen LogP contribution in [0.5, 0.6) is 11.5 Å². The van der Waals surface area contributed by atoms with Crippen molar-refractivity contribution < 1.29 is 19.0 Å². The number of hydrogen-bond donors (Lipinski definition) is 0. The second-order valence-corrected chi connectivity index (χ2v) is 5.16. The number of esters is 1. The zero-order chi connectivity index (χ0) is 17.4. The third kappa shape index (κ3) is 4.73. The summed E-state index contributed by atoms with van der Waals surface area (Å²) in [6, 6.07) is 6.76. The Kier molecular flexibility index (Phi) is 6.63. The minimum Gasteiger partial charge on any atom is -0.490 e. The van der Waals surface area contributed by atoms with Crippen LogP contribution in [-0.2, 0) is 11.3 Å². The van der Waals surface area contributed by atoms with Gasteiger partial charge in [-0.1, -0.05) is 30.3 Å². The summed E-state index contributed by atoms with van der Waals surface area (Å²) in [5.74, 6) is 0.263. The van der Waals surface area contributed by atoms with E-state index in [0.29, 0.717) is 23.7 Å². The van der Waals surface area contributed by atoms with Gasteiger partial charge >= 0.3 is 5.97 Å². The molecule has 0 spiro atoms. The Labute approximate surface area is 145 Å². The SMILES string of the molecule is C=CCOC(=O)c1cc(Cl)c(OCc2cccnc2)c(OCC)c1. The number of halogens is 1. The monoisotopic (exact) mass is 347 g/mol. The number of hydrogen-bond acceptors (Lipinski definition) is 5. The van der Waals surface area contributed by atoms with Crippen LogP contribution in [0.1, 0.15) is 22.8 Å². The second kappa shape index (κ2) is 8.93. The van der Waals surface area contributed by atoms with Crippen LogP contribution in [0, 0.1) is 0 Å². The lowest BCUT2D eigenvalue weighted by Crippen LogP contribution is -2.07. The highest BCUT2D eigenvalue weighted by Gasteiger charge is 2.17. The van der Waals surface area contributed by atoms with Crippen molar-refractivity contribution in [2.45, 2.75) is 13.5 Å². The number of nitrogens with zero attached hydrogens (tertiary/aromatic N) is 1. The molecule has 5 nitrogen and oxygen atoms in total. The predicted octanol–water partition coefficient (Wildman–Crippen LogP) is 4.06. The molecule has 0 atom stereocenters. The van der Waals surface area contributed by atoms with Gasteiger partial charge in [-0.15, -0.1) is 0 Å². The van der Waals surface area contributed by atoms with Crippen LogP contribution in [0.2, 0.25) is 5.02 Å². The molecule has 0 saturated carbocycles. The van der Waals surface area contributed by atoms with Crippen LogP contribution in [0.4, 0.5) is 0 Å². The number of carbonyl (C=O) groups excluding carboxylic acids is 1. The molecule has 1 aromatic heterocycles. The van der Waals surface area contributed by atoms with Crippen LogP contribution in [-0.4, -0.2) is 24.2 Å². The van der Waals surface area contributed by atoms with Crippen LogP contribution >= 0.6 is 11.6 Å². The van der Waals surface area contributed by atoms with Crippen LogP contribution in [0.3, 0.4) is 0 Å². The summed E-state index contributed by atoms with van der Waals surface area (Å²) in [6.07, 6.45) is 4.88. The lowest BCUT2D eigenvalue weighted by atomic mass is 10.2. The fraction of sp³-hybridized carbons (Fsp3) is 0.222. The molecule has 2 aromatic rings. The summed E-state index contributed by atoms with van der Waals surface area (Å²) in [5.41, 5.74) is 1.18. The third-order valence-corrected chi connectivity index (χ3v) is 3.26. The van der Waals surface area contributed by atoms with E-state index in [1.165, 1.54) is 12.1 Å². The standard InChI is InChI=1S/C18H18ClNO4/c1-3-8-23-18(21)14-9-15(19)17(16(10-14)22-4-2)24-12-13-6-5-7-20-11-13/h3,5-7,9-11H,1,4,8,12H2,2H3. The molecule has 24 heavy (non-hydrogen) atoms. The van der Waals surface area contributed by atoms with Gasteiger partial charge in [0, 0.05) is 18.0 Å². The van der Waals surface area contributed by atoms with Crippen molar-refractivity contribution in [2.75, 3.05) is 13.2 Å². The maximum atomic E-state index is 12.0. The highest BCUT2D eigenvalue weighted by molar-refractivity contribution is 6.32. The molecule has 6 heteroatoms. The van der Waals surface area contributed by atoms with E-state index < -0.39 is 5.97 Å². The van der Waals surface area contributed by atoms with Gasteiger partial charge in [0.1, 0.15) is 13.2 Å². The van der Waals surface area contributed by atoms with E-state index in [9.17, 15) is 4.79 Å². The van der Waals surface area contributed by atoms with Crippen molar-refractivity contribution in [3.63, 3.8) is 0 Å². The van der Waals surface area contributed by atoms with Gasteiger partial charge in [0.2, 0.25) is 0 Å². The van der Waals surface area contributed by atoms with Crippen molar-refractivity contribution >= 4 is 17.6 Å². The number of benzene rings is 1. The molecule has 0 N–H and O–H groups in total. The van der Waals surface area contributed by atoms with Gasteiger partial charge in [-0.25, -0.2) is 4.79 Å². The maximum Gasteiger partial charge on any atom is 0.338 e. The highest BCUT2D eigenvalue weighted by Crippen LogP contribution is 2.37. The summed E-state index contributed by atoms with van der Waals surface area (Å²) in [5, 5.41) is 0.274. The Balaban J connectivity index is 2.23. The van der Waals surface area contributed by atoms with Gasteiger partial charge in [0.05, 0.1) is 17.2 Å². The van der Waals surface area contributed by atoms with Crippen LogP contribution < -0.4 is 9.47 Å². The van der Waals surface area contributed by atoms with Gasteiger partial charge in [-0.2, -0.15) is 0 Å². The molecule has 1 aromatic carbocycles. The average molecular weight is 348 g/mol. The minimum atomic E-state index is -0.503. The van der Waals surface area contributed by atoms with E-state index in [4.69, 9.17) is 25.8 Å². The number of rotatable bonds is 8. The largest absolute Gasteiger partial charge is 0.490 e. The molecule has 0 saturated heterocycles. The highest BCUT2D eigenvalue weighted by atomic mass is 35.5. The fourth-order valence-electron chi connectivity index (χ4n) is 1.95. The van der Waals surface area contributed by atoms with E-state index in [-0.39, 0.29) is 18.2 Å². The van der Waals surface area contributed by atoms with Gasteiger partial charge in [0.15, 0.2) is 11.5 Å². The molecule has 0 radical (unpaired) electrons. The molecule has 126 valence electrons. The smallest absolute Gasteiger partial charge is 0.338 e. The van der Waals surface area contributed by atoms with Crippen molar-refractivity contribution in [2.24, 2.45) is 0 Å². The van der Waals surface area contributed by atoms with Gasteiger partial charge in [0.25, 0.3) is 0 Å². The number of aromatic nitrogens is 1. The van der Waals surface area contributed by atoms with E-state index in [0.717, 1.165) is 5.56 Å². The van der Waals surface area contributed by atoms with Crippen molar-refractivity contribution in [1.82, 2.24) is 4.98 Å². The molecular weight excluding hydrogens is 330 g/mol. The molecular formula is C18H18ClNO4. The van der Waals surface area contributed by atoms with Crippen LogP contribution in [0.15, 0.2) is 49.3 Å². The topological polar surface area (TPSA) is 57.7 Å². The lowest BCUT2D eigenvalue weighted by molar-refractivity contribution is 0.0549. The van der Waals surface area contributed by atoms with Gasteiger partial charge in [-0.05, 0) is 25.1 Å². The molecule has 0 amide bonds. The zero-order valence-electron chi connectivity index (χ0n) is 13.3. The number of carbonyl (C=O) groups is 1. The normalized spacial score (nSPS) is 10.1. The second-order valence-electron chi connectivity index (χ2n) is 4.76. The van der Waals surface area contributed by atoms with E-state index in [1.54, 1.807) is 18.5 Å². The van der Waals surface area contributed by atoms with E-state index >= 15 is 0 Å². The Morgan fingerprint density at radius 1 is 1.38 bits per heavy atom. The minimum absolute atomic E-state index is 0.125. The van der Waals surface area contributed by atoms with E-state index in [1.807, 2.05) is 19.1 Å². The molecule has 0 unspecified atom stereocenters. The molecule has 2 rings (SSSR count). The lowest BCUT2D eigenvalue weighted by Gasteiger charge is -2.15. The zero-order valence-corrected chi connectivity index (χ0v) is 14.1. The number of ether oxygens (including phenoxy) is 3. The first kappa shape index (κ1) is 17.8. The fourth-order valence-corrected chi connectivity index (χ4v) is 2.21. The van der Waals surface area contributed by atoms with Crippen molar-refractivity contribution in [3.05, 3.63) is 65.5 Å². The molecule has 0 aliphatic carbocycles. The quantitative estimate of drug-likeness (QED) is 0.532. The first-order valence-corrected chi connectivity index (χ1v) is 7.79. The van der Waals surface area contributed by atoms with Crippen molar-refractivity contribution in [3.8, 4) is 11.5 Å². The number of pyridine rings is 1. The molecule has 0 aliphatic rings. The Bertz CT molecular complexity index is 704. The summed E-state index contributed by atoms with van der Waals surface area (Å²) in [4.78, 5) is 16.0. The summed E-state index contributed by atoms with van der Waals surface area (Å²) >= 11 is 6.27. The van der Waals surface area contributed by atoms with Crippen LogP contribution in [0.25, 0.3) is 0 Å². The third-order valence-electron chi connectivity index (χ3n) is 2.98. The summed E-state index contributed by atoms with van der Waals surface area (Å²) in [7, 11) is 0. The molecule has 0 bridgehead atoms. The first-order valence-electron chi connectivity index (χ1n) is 7.41. The molecule has 0 fully saturated rings.